The second-order valence-corrected chi connectivity index (χ2v) is 14.1. The fourth-order valence-corrected chi connectivity index (χ4v) is 2.86. The van der Waals surface area contributed by atoms with Crippen LogP contribution < -0.4 is 0 Å². The Morgan fingerprint density at radius 1 is 0.552 bits per heavy atom. The molecule has 0 aliphatic rings. The summed E-state index contributed by atoms with van der Waals surface area (Å²) in [5.74, 6) is 0. The van der Waals surface area contributed by atoms with E-state index in [9.17, 15) is 57.1 Å². The van der Waals surface area contributed by atoms with Gasteiger partial charge < -0.3 is 4.74 Å². The van der Waals surface area contributed by atoms with Gasteiger partial charge >= 0.3 is 42.7 Å². The molecule has 0 unspecified atom stereocenters. The van der Waals surface area contributed by atoms with Crippen LogP contribution in [0.4, 0.5) is 57.1 Å². The van der Waals surface area contributed by atoms with Crippen LogP contribution in [-0.2, 0) is 14.2 Å². The Hall–Kier alpha value is 0.0569. The number of halogens is 16. The van der Waals surface area contributed by atoms with Crippen molar-refractivity contribution in [2.75, 3.05) is 6.61 Å². The van der Waals surface area contributed by atoms with Crippen molar-refractivity contribution in [1.29, 1.82) is 0 Å². The van der Waals surface area contributed by atoms with Crippen molar-refractivity contribution in [2.45, 2.75) is 49.2 Å². The van der Waals surface area contributed by atoms with Crippen LogP contribution in [0.25, 0.3) is 0 Å². The minimum absolute atomic E-state index is 0.450. The number of ether oxygens (including phenoxy) is 3. The van der Waals surface area contributed by atoms with Crippen LogP contribution in [-0.4, -0.2) is 49.3 Å². The van der Waals surface area contributed by atoms with E-state index in [0.717, 1.165) is 0 Å². The topological polar surface area (TPSA) is 27.7 Å². The monoisotopic (exact) mass is 542 g/mol. The standard InChI is InChI=1S/C9H6Cl3F13O3Si/c10-29(11,12)3-1-2-26-6(18,19)7(20,21)28-9(24,25)8(22,23)27-5(16,17)4(13,14)15/h1-3H2. The third-order valence-corrected chi connectivity index (χ3v) is 5.03. The molecule has 0 N–H and O–H groups in total. The van der Waals surface area contributed by atoms with E-state index in [1.165, 1.54) is 4.74 Å². The van der Waals surface area contributed by atoms with Crippen molar-refractivity contribution in [2.24, 2.45) is 0 Å². The molecule has 0 aliphatic carbocycles. The van der Waals surface area contributed by atoms with Crippen LogP contribution in [0.1, 0.15) is 6.42 Å². The van der Waals surface area contributed by atoms with Gasteiger partial charge in [-0.15, -0.1) is 33.2 Å². The predicted octanol–water partition coefficient (Wildman–Crippen LogP) is 6.61. The lowest BCUT2D eigenvalue weighted by Crippen LogP contribution is -2.58. The van der Waals surface area contributed by atoms with E-state index in [1.54, 1.807) is 0 Å². The highest BCUT2D eigenvalue weighted by atomic mass is 35.8. The molecule has 0 bridgehead atoms. The van der Waals surface area contributed by atoms with Gasteiger partial charge in [0, 0.05) is 0 Å². The van der Waals surface area contributed by atoms with Gasteiger partial charge in [-0.05, 0) is 12.5 Å². The average molecular weight is 544 g/mol. The molecular weight excluding hydrogens is 538 g/mol. The van der Waals surface area contributed by atoms with Gasteiger partial charge in [0.1, 0.15) is 0 Å². The molecule has 0 atom stereocenters. The lowest BCUT2D eigenvalue weighted by molar-refractivity contribution is -0.558. The molecule has 0 fully saturated rings. The van der Waals surface area contributed by atoms with Crippen molar-refractivity contribution in [3.63, 3.8) is 0 Å². The highest BCUT2D eigenvalue weighted by molar-refractivity contribution is 7.64. The Morgan fingerprint density at radius 2 is 0.897 bits per heavy atom. The molecule has 29 heavy (non-hydrogen) atoms. The minimum Gasteiger partial charge on any atom is -0.313 e. The van der Waals surface area contributed by atoms with Crippen LogP contribution in [0, 0.1) is 0 Å². The van der Waals surface area contributed by atoms with E-state index in [1.807, 2.05) is 4.74 Å². The van der Waals surface area contributed by atoms with Gasteiger partial charge in [0.05, 0.1) is 6.61 Å². The molecule has 0 rings (SSSR count). The molecular formula is C9H6Cl3F13O3Si. The summed E-state index contributed by atoms with van der Waals surface area (Å²) in [6.07, 6.45) is -41.6. The first-order chi connectivity index (χ1) is 12.4. The Balaban J connectivity index is 5.30. The van der Waals surface area contributed by atoms with Crippen LogP contribution in [0.5, 0.6) is 0 Å². The van der Waals surface area contributed by atoms with Crippen molar-refractivity contribution in [3.8, 4) is 0 Å². The molecule has 3 nitrogen and oxygen atoms in total. The normalized spacial score (nSPS) is 15.7. The van der Waals surface area contributed by atoms with E-state index in [-0.39, 0.29) is 0 Å². The molecule has 176 valence electrons. The summed E-state index contributed by atoms with van der Waals surface area (Å²) in [6, 6.07) is -3.88. The summed E-state index contributed by atoms with van der Waals surface area (Å²) in [7, 11) is 0. The smallest absolute Gasteiger partial charge is 0.313 e. The zero-order valence-electron chi connectivity index (χ0n) is 12.9. The molecule has 0 saturated heterocycles. The SMILES string of the molecule is FC(F)(F)C(F)(F)OC(F)(F)C(F)(F)OC(F)(F)C(F)(F)OCCC[Si](Cl)(Cl)Cl. The second-order valence-electron chi connectivity index (χ2n) is 4.85. The number of hydrogen-bond donors (Lipinski definition) is 0. The Kier molecular flexibility index (Phi) is 8.91. The second kappa shape index (κ2) is 8.89. The quantitative estimate of drug-likeness (QED) is 0.127. The zero-order valence-corrected chi connectivity index (χ0v) is 16.2. The molecule has 20 heteroatoms. The van der Waals surface area contributed by atoms with Crippen molar-refractivity contribution in [1.82, 2.24) is 0 Å². The summed E-state index contributed by atoms with van der Waals surface area (Å²) in [6.45, 7) is -1.41. The highest BCUT2D eigenvalue weighted by Crippen LogP contribution is 2.49. The maximum atomic E-state index is 13.1. The van der Waals surface area contributed by atoms with Crippen molar-refractivity contribution < 1.29 is 71.3 Å². The van der Waals surface area contributed by atoms with Gasteiger partial charge in [-0.1, -0.05) is 0 Å². The summed E-state index contributed by atoms with van der Waals surface area (Å²) in [4.78, 5) is 0. The molecule has 0 heterocycles. The van der Waals surface area contributed by atoms with E-state index in [0.29, 0.717) is 0 Å². The lowest BCUT2D eigenvalue weighted by atomic mass is 10.5. The molecule has 0 spiro atoms. The van der Waals surface area contributed by atoms with Crippen LogP contribution >= 0.6 is 33.2 Å². The molecule has 0 radical (unpaired) electrons. The van der Waals surface area contributed by atoms with Gasteiger partial charge in [0.25, 0.3) is 0 Å². The maximum Gasteiger partial charge on any atom is 0.483 e. The van der Waals surface area contributed by atoms with Gasteiger partial charge in [-0.25, -0.2) is 9.47 Å². The van der Waals surface area contributed by atoms with Crippen molar-refractivity contribution in [3.05, 3.63) is 0 Å². The zero-order chi connectivity index (χ0) is 23.7. The fraction of sp³-hybridized carbons (Fsp3) is 1.00. The van der Waals surface area contributed by atoms with Gasteiger partial charge in [-0.2, -0.15) is 57.1 Å². The summed E-state index contributed by atoms with van der Waals surface area (Å²) in [5.41, 5.74) is 0. The average Bonchev–Trinajstić information content (AvgIpc) is 2.38. The minimum atomic E-state index is -7.15. The Bertz CT molecular complexity index is 552. The Labute approximate surface area is 167 Å². The first kappa shape index (κ1) is 29.1. The van der Waals surface area contributed by atoms with Gasteiger partial charge in [-0.3, -0.25) is 0 Å². The largest absolute Gasteiger partial charge is 0.483 e. The summed E-state index contributed by atoms with van der Waals surface area (Å²) < 4.78 is 171. The number of hydrogen-bond acceptors (Lipinski definition) is 3. The van der Waals surface area contributed by atoms with Crippen LogP contribution in [0.2, 0.25) is 6.04 Å². The van der Waals surface area contributed by atoms with Gasteiger partial charge in [0.2, 0.25) is 0 Å². The first-order valence-electron chi connectivity index (χ1n) is 6.44. The van der Waals surface area contributed by atoms with E-state index in [2.05, 4.69) is 4.74 Å². The summed E-state index contributed by atoms with van der Waals surface area (Å²) in [5, 5.41) is 0. The first-order valence-corrected chi connectivity index (χ1v) is 11.7. The molecule has 0 aromatic carbocycles. The molecule has 0 aromatic rings. The third-order valence-electron chi connectivity index (χ3n) is 2.41. The Morgan fingerprint density at radius 3 is 1.24 bits per heavy atom. The van der Waals surface area contributed by atoms with E-state index >= 15 is 0 Å². The van der Waals surface area contributed by atoms with Crippen molar-refractivity contribution >= 4 is 39.2 Å². The highest BCUT2D eigenvalue weighted by Gasteiger charge is 2.75. The van der Waals surface area contributed by atoms with Crippen LogP contribution in [0.15, 0.2) is 0 Å². The summed E-state index contributed by atoms with van der Waals surface area (Å²) >= 11 is 15.9. The van der Waals surface area contributed by atoms with E-state index in [4.69, 9.17) is 33.2 Å². The predicted molar refractivity (Wildman–Crippen MR) is 71.6 cm³/mol. The number of alkyl halides is 13. The number of rotatable bonds is 11. The van der Waals surface area contributed by atoms with Gasteiger partial charge in [0.15, 0.2) is 0 Å². The maximum absolute atomic E-state index is 13.1. The van der Waals surface area contributed by atoms with Crippen LogP contribution in [0.3, 0.4) is 0 Å². The third kappa shape index (κ3) is 8.25. The molecule has 0 amide bonds. The lowest BCUT2D eigenvalue weighted by Gasteiger charge is -2.33. The fourth-order valence-electron chi connectivity index (χ4n) is 1.12. The molecule has 0 saturated carbocycles. The molecule has 0 aromatic heterocycles. The molecule has 0 aliphatic heterocycles. The van der Waals surface area contributed by atoms with E-state index < -0.39 is 61.8 Å².